The molecule has 0 atom stereocenters. The monoisotopic (exact) mass is 306 g/mol. The second-order valence-electron chi connectivity index (χ2n) is 5.52. The van der Waals surface area contributed by atoms with Crippen molar-refractivity contribution >= 4 is 17.4 Å². The van der Waals surface area contributed by atoms with Crippen LogP contribution in [0.5, 0.6) is 5.75 Å². The first kappa shape index (κ1) is 15.2. The fraction of sp³-hybridized carbons (Fsp3) is 0.500. The maximum absolute atomic E-state index is 12.4. The van der Waals surface area contributed by atoms with Gasteiger partial charge in [-0.05, 0) is 17.7 Å². The summed E-state index contributed by atoms with van der Waals surface area (Å²) in [6.45, 7) is 3.65. The van der Waals surface area contributed by atoms with E-state index in [1.165, 1.54) is 0 Å². The molecular weight excluding hydrogens is 293 g/mol. The number of ketones is 1. The smallest absolute Gasteiger partial charge is 0.450 e. The summed E-state index contributed by atoms with van der Waals surface area (Å²) in [5, 5.41) is 0.441. The van der Waals surface area contributed by atoms with Gasteiger partial charge in [0.25, 0.3) is 0 Å². The topological polar surface area (TPSA) is 26.3 Å². The van der Waals surface area contributed by atoms with Crippen LogP contribution in [-0.2, 0) is 16.6 Å². The van der Waals surface area contributed by atoms with Gasteiger partial charge in [-0.25, -0.2) is 0 Å². The molecule has 0 saturated carbocycles. The number of fused-ring (bicyclic) bond motifs is 1. The van der Waals surface area contributed by atoms with Gasteiger partial charge < -0.3 is 4.74 Å². The van der Waals surface area contributed by atoms with E-state index >= 15 is 0 Å². The zero-order valence-corrected chi connectivity index (χ0v) is 11.9. The van der Waals surface area contributed by atoms with Crippen LogP contribution in [0.15, 0.2) is 12.1 Å². The Morgan fingerprint density at radius 1 is 1.35 bits per heavy atom. The number of carbonyl (C=O) groups is 1. The Labute approximate surface area is 119 Å². The lowest BCUT2D eigenvalue weighted by Gasteiger charge is -2.27. The second kappa shape index (κ2) is 4.95. The van der Waals surface area contributed by atoms with E-state index in [0.717, 1.165) is 5.56 Å². The van der Waals surface area contributed by atoms with E-state index in [0.29, 0.717) is 29.4 Å². The van der Waals surface area contributed by atoms with E-state index in [2.05, 4.69) is 0 Å². The summed E-state index contributed by atoms with van der Waals surface area (Å²) in [5.41, 5.74) is 0.432. The molecule has 1 heterocycles. The number of hydrogen-bond acceptors (Lipinski definition) is 2. The molecule has 0 aliphatic carbocycles. The van der Waals surface area contributed by atoms with Crippen molar-refractivity contribution in [2.45, 2.75) is 38.3 Å². The average Bonchev–Trinajstić information content (AvgIpc) is 2.73. The fourth-order valence-electron chi connectivity index (χ4n) is 2.37. The van der Waals surface area contributed by atoms with E-state index in [-0.39, 0.29) is 0 Å². The lowest BCUT2D eigenvalue weighted by molar-refractivity contribution is -0.172. The van der Waals surface area contributed by atoms with Gasteiger partial charge in [0.1, 0.15) is 5.75 Å². The number of Topliss-reactive ketones (excluding diaryl/α,β-unsaturated/α-hetero) is 1. The minimum Gasteiger partial charge on any atom is -0.493 e. The summed E-state index contributed by atoms with van der Waals surface area (Å²) >= 11 is 6.00. The van der Waals surface area contributed by atoms with Gasteiger partial charge in [0.15, 0.2) is 0 Å². The molecule has 0 spiro atoms. The molecule has 6 heteroatoms. The van der Waals surface area contributed by atoms with Crippen LogP contribution < -0.4 is 4.74 Å². The van der Waals surface area contributed by atoms with Crippen molar-refractivity contribution in [3.05, 3.63) is 28.3 Å². The predicted molar refractivity (Wildman–Crippen MR) is 69.4 cm³/mol. The first-order valence-electron chi connectivity index (χ1n) is 6.17. The molecule has 0 aromatic heterocycles. The molecule has 0 amide bonds. The zero-order chi connectivity index (χ0) is 15.1. The Hall–Kier alpha value is -1.23. The molecule has 0 N–H and O–H groups in total. The number of hydrogen-bond donors (Lipinski definition) is 0. The molecule has 1 aliphatic heterocycles. The Morgan fingerprint density at radius 3 is 2.60 bits per heavy atom. The number of rotatable bonds is 3. The Kier molecular flexibility index (Phi) is 3.75. The number of benzene rings is 1. The van der Waals surface area contributed by atoms with Crippen LogP contribution in [0.25, 0.3) is 0 Å². The van der Waals surface area contributed by atoms with Gasteiger partial charge in [0, 0.05) is 28.8 Å². The molecule has 0 bridgehead atoms. The number of alkyl halides is 3. The molecule has 1 aromatic rings. The van der Waals surface area contributed by atoms with E-state index < -0.39 is 23.8 Å². The molecule has 0 saturated heterocycles. The lowest BCUT2D eigenvalue weighted by atomic mass is 9.79. The van der Waals surface area contributed by atoms with Gasteiger partial charge in [-0.1, -0.05) is 25.4 Å². The van der Waals surface area contributed by atoms with Gasteiger partial charge >= 0.3 is 6.18 Å². The Morgan fingerprint density at radius 2 is 2.00 bits per heavy atom. The largest absolute Gasteiger partial charge is 0.493 e. The van der Waals surface area contributed by atoms with Crippen LogP contribution in [0.2, 0.25) is 5.02 Å². The van der Waals surface area contributed by atoms with Crippen LogP contribution in [0.3, 0.4) is 0 Å². The third-order valence-electron chi connectivity index (χ3n) is 3.40. The van der Waals surface area contributed by atoms with Gasteiger partial charge in [-0.2, -0.15) is 13.2 Å². The summed E-state index contributed by atoms with van der Waals surface area (Å²) in [5.74, 6) is -1.18. The molecular formula is C14H14ClF3O2. The highest BCUT2D eigenvalue weighted by Crippen LogP contribution is 2.42. The highest BCUT2D eigenvalue weighted by Gasteiger charge is 2.42. The third kappa shape index (κ3) is 2.92. The van der Waals surface area contributed by atoms with E-state index in [4.69, 9.17) is 16.3 Å². The molecule has 0 unspecified atom stereocenters. The quantitative estimate of drug-likeness (QED) is 0.841. The van der Waals surface area contributed by atoms with Crippen molar-refractivity contribution < 1.29 is 22.7 Å². The van der Waals surface area contributed by atoms with Crippen molar-refractivity contribution in [1.29, 1.82) is 0 Å². The van der Waals surface area contributed by atoms with E-state index in [1.54, 1.807) is 26.0 Å². The highest BCUT2D eigenvalue weighted by molar-refractivity contribution is 6.30. The van der Waals surface area contributed by atoms with Crippen molar-refractivity contribution in [3.63, 3.8) is 0 Å². The molecule has 20 heavy (non-hydrogen) atoms. The SMILES string of the molecule is CC(C)(CC(=O)C(F)(F)F)c1cc(Cl)cc2c1OCC2. The van der Waals surface area contributed by atoms with Crippen molar-refractivity contribution in [2.75, 3.05) is 6.61 Å². The van der Waals surface area contributed by atoms with Crippen LogP contribution >= 0.6 is 11.6 Å². The van der Waals surface area contributed by atoms with Gasteiger partial charge in [-0.3, -0.25) is 4.79 Å². The predicted octanol–water partition coefficient (Wildman–Crippen LogP) is 4.07. The summed E-state index contributed by atoms with van der Waals surface area (Å²) in [6.07, 6.45) is -4.78. The van der Waals surface area contributed by atoms with Gasteiger partial charge in [-0.15, -0.1) is 0 Å². The first-order chi connectivity index (χ1) is 9.11. The summed E-state index contributed by atoms with van der Waals surface area (Å²) in [6, 6.07) is 3.32. The molecule has 0 radical (unpaired) electrons. The first-order valence-corrected chi connectivity index (χ1v) is 6.55. The lowest BCUT2D eigenvalue weighted by Crippen LogP contribution is -2.31. The summed E-state index contributed by atoms with van der Waals surface area (Å²) in [7, 11) is 0. The summed E-state index contributed by atoms with van der Waals surface area (Å²) in [4.78, 5) is 11.2. The number of halogens is 4. The minimum atomic E-state index is -4.82. The number of carbonyl (C=O) groups excluding carboxylic acids is 1. The molecule has 2 rings (SSSR count). The van der Waals surface area contributed by atoms with Crippen molar-refractivity contribution in [3.8, 4) is 5.75 Å². The van der Waals surface area contributed by atoms with Crippen LogP contribution in [-0.4, -0.2) is 18.6 Å². The second-order valence-corrected chi connectivity index (χ2v) is 5.96. The Bertz CT molecular complexity index is 550. The van der Waals surface area contributed by atoms with Crippen molar-refractivity contribution in [2.24, 2.45) is 0 Å². The summed E-state index contributed by atoms with van der Waals surface area (Å²) < 4.78 is 42.8. The molecule has 0 fully saturated rings. The fourth-order valence-corrected chi connectivity index (χ4v) is 2.61. The Balaban J connectivity index is 2.37. The molecule has 110 valence electrons. The van der Waals surface area contributed by atoms with Gasteiger partial charge in [0.2, 0.25) is 5.78 Å². The maximum Gasteiger partial charge on any atom is 0.450 e. The highest BCUT2D eigenvalue weighted by atomic mass is 35.5. The van der Waals surface area contributed by atoms with Crippen molar-refractivity contribution in [1.82, 2.24) is 0 Å². The molecule has 1 aliphatic rings. The molecule has 1 aromatic carbocycles. The zero-order valence-electron chi connectivity index (χ0n) is 11.1. The maximum atomic E-state index is 12.4. The van der Waals surface area contributed by atoms with Crippen LogP contribution in [0.1, 0.15) is 31.4 Å². The van der Waals surface area contributed by atoms with E-state index in [1.807, 2.05) is 0 Å². The standard InChI is InChI=1S/C14H14ClF3O2/c1-13(2,7-11(19)14(16,17)18)10-6-9(15)5-8-3-4-20-12(8)10/h5-6H,3-4,7H2,1-2H3. The number of ether oxygens (including phenoxy) is 1. The van der Waals surface area contributed by atoms with Crippen LogP contribution in [0.4, 0.5) is 13.2 Å². The average molecular weight is 307 g/mol. The minimum absolute atomic E-state index is 0.441. The van der Waals surface area contributed by atoms with Crippen LogP contribution in [0, 0.1) is 0 Å². The van der Waals surface area contributed by atoms with Gasteiger partial charge in [0.05, 0.1) is 6.61 Å². The van der Waals surface area contributed by atoms with E-state index in [9.17, 15) is 18.0 Å². The normalized spacial score (nSPS) is 14.9. The third-order valence-corrected chi connectivity index (χ3v) is 3.61. The molecule has 2 nitrogen and oxygen atoms in total.